The van der Waals surface area contributed by atoms with E-state index in [0.29, 0.717) is 24.1 Å². The van der Waals surface area contributed by atoms with Crippen molar-refractivity contribution in [1.82, 2.24) is 10.6 Å². The summed E-state index contributed by atoms with van der Waals surface area (Å²) in [6.07, 6.45) is 0.187. The van der Waals surface area contributed by atoms with Crippen molar-refractivity contribution in [1.29, 1.82) is 0 Å². The second kappa shape index (κ2) is 10.3. The summed E-state index contributed by atoms with van der Waals surface area (Å²) in [7, 11) is 0. The number of carbonyl (C=O) groups is 3. The summed E-state index contributed by atoms with van der Waals surface area (Å²) in [4.78, 5) is 41.4. The quantitative estimate of drug-likeness (QED) is 0.443. The summed E-state index contributed by atoms with van der Waals surface area (Å²) in [6.45, 7) is 1.94. The van der Waals surface area contributed by atoms with E-state index in [9.17, 15) is 28.3 Å². The molecule has 0 radical (unpaired) electrons. The van der Waals surface area contributed by atoms with Gasteiger partial charge in [0.15, 0.2) is 6.10 Å². The average molecular weight is 520 g/mol. The van der Waals surface area contributed by atoms with E-state index in [0.717, 1.165) is 41.8 Å². The highest BCUT2D eigenvalue weighted by Crippen LogP contribution is 2.42. The highest BCUT2D eigenvalue weighted by atomic mass is 19.1. The second-order valence-corrected chi connectivity index (χ2v) is 9.77. The summed E-state index contributed by atoms with van der Waals surface area (Å²) in [5.41, 5.74) is 2.83. The molecule has 1 aliphatic heterocycles. The minimum absolute atomic E-state index is 0.281. The molecule has 0 spiro atoms. The fourth-order valence-corrected chi connectivity index (χ4v) is 4.73. The molecule has 1 saturated carbocycles. The summed E-state index contributed by atoms with van der Waals surface area (Å²) in [5.74, 6) is -3.43. The van der Waals surface area contributed by atoms with Crippen LogP contribution in [0.2, 0.25) is 0 Å². The molecule has 1 heterocycles. The molecule has 3 N–H and O–H groups in total. The molecule has 0 saturated heterocycles. The Bertz CT molecular complexity index is 1390. The Morgan fingerprint density at radius 1 is 0.974 bits per heavy atom. The number of halogens is 2. The summed E-state index contributed by atoms with van der Waals surface area (Å²) < 4.78 is 27.0. The lowest BCUT2D eigenvalue weighted by molar-refractivity contribution is -0.134. The zero-order chi connectivity index (χ0) is 27.0. The molecule has 3 aromatic rings. The number of hydrogen-bond acceptors (Lipinski definition) is 4. The maximum absolute atomic E-state index is 13.9. The number of nitrogens with one attached hydrogen (secondary N) is 2. The van der Waals surface area contributed by atoms with E-state index in [1.165, 1.54) is 6.92 Å². The standard InChI is InChI=1S/C29H27F2N3O4/c1-16(32-28(37)26(35)18-12-19(30)14-20(31)13-18)27(36)33-25-23-8-3-2-6-21(23)22-7-4-5-9-24(22)34(29(25)38)15-17-10-11-17/h2-9,12-14,16-17,25-26,35H,10-11,15H2,1H3,(H,32,37)(H,33,36). The predicted molar refractivity (Wildman–Crippen MR) is 137 cm³/mol. The SMILES string of the molecule is CC(NC(=O)C(O)c1cc(F)cc(F)c1)C(=O)NC1C(=O)N(CC2CC2)c2ccccc2-c2ccccc21. The van der Waals surface area contributed by atoms with Gasteiger partial charge in [0, 0.05) is 18.2 Å². The van der Waals surface area contributed by atoms with E-state index in [1.54, 1.807) is 17.0 Å². The van der Waals surface area contributed by atoms with Crippen LogP contribution in [-0.4, -0.2) is 35.4 Å². The van der Waals surface area contributed by atoms with Gasteiger partial charge in [0.05, 0.1) is 5.69 Å². The number of amides is 3. The van der Waals surface area contributed by atoms with Crippen molar-refractivity contribution >= 4 is 23.4 Å². The van der Waals surface area contributed by atoms with Crippen LogP contribution in [0.1, 0.15) is 43.0 Å². The highest BCUT2D eigenvalue weighted by molar-refractivity contribution is 6.06. The van der Waals surface area contributed by atoms with Gasteiger partial charge in [-0.05, 0) is 60.6 Å². The molecule has 196 valence electrons. The Hall–Kier alpha value is -4.11. The number of hydrogen-bond donors (Lipinski definition) is 3. The van der Waals surface area contributed by atoms with Gasteiger partial charge in [-0.25, -0.2) is 8.78 Å². The Kier molecular flexibility index (Phi) is 6.94. The van der Waals surface area contributed by atoms with Gasteiger partial charge in [0.1, 0.15) is 23.7 Å². The third-order valence-corrected chi connectivity index (χ3v) is 6.90. The fourth-order valence-electron chi connectivity index (χ4n) is 4.73. The third kappa shape index (κ3) is 5.15. The first-order valence-electron chi connectivity index (χ1n) is 12.5. The lowest BCUT2D eigenvalue weighted by Crippen LogP contribution is -2.50. The molecule has 1 fully saturated rings. The maximum atomic E-state index is 13.9. The molecular weight excluding hydrogens is 492 g/mol. The number of benzene rings is 3. The Morgan fingerprint density at radius 3 is 2.29 bits per heavy atom. The van der Waals surface area contributed by atoms with Gasteiger partial charge in [-0.15, -0.1) is 0 Å². The van der Waals surface area contributed by atoms with Crippen LogP contribution < -0.4 is 15.5 Å². The third-order valence-electron chi connectivity index (χ3n) is 6.90. The molecule has 3 atom stereocenters. The molecule has 0 aromatic heterocycles. The van der Waals surface area contributed by atoms with Crippen LogP contribution in [-0.2, 0) is 14.4 Å². The molecule has 3 amide bonds. The van der Waals surface area contributed by atoms with Crippen LogP contribution in [0.15, 0.2) is 66.7 Å². The Labute approximate surface area is 218 Å². The highest BCUT2D eigenvalue weighted by Gasteiger charge is 2.38. The van der Waals surface area contributed by atoms with Crippen LogP contribution >= 0.6 is 0 Å². The molecule has 3 unspecified atom stereocenters. The van der Waals surface area contributed by atoms with Crippen molar-refractivity contribution in [3.63, 3.8) is 0 Å². The van der Waals surface area contributed by atoms with Crippen LogP contribution in [0.3, 0.4) is 0 Å². The van der Waals surface area contributed by atoms with Gasteiger partial charge in [-0.1, -0.05) is 42.5 Å². The smallest absolute Gasteiger partial charge is 0.254 e. The first-order chi connectivity index (χ1) is 18.2. The van der Waals surface area contributed by atoms with Crippen LogP contribution in [0.4, 0.5) is 14.5 Å². The number of aliphatic hydroxyl groups is 1. The number of para-hydroxylation sites is 1. The molecule has 1 aliphatic carbocycles. The maximum Gasteiger partial charge on any atom is 0.254 e. The fraction of sp³-hybridized carbons (Fsp3) is 0.276. The molecule has 38 heavy (non-hydrogen) atoms. The summed E-state index contributed by atoms with van der Waals surface area (Å²) >= 11 is 0. The normalized spacial score (nSPS) is 18.1. The number of aliphatic hydroxyl groups excluding tert-OH is 1. The van der Waals surface area contributed by atoms with E-state index < -0.39 is 41.6 Å². The number of fused-ring (bicyclic) bond motifs is 3. The van der Waals surface area contributed by atoms with Crippen molar-refractivity contribution in [2.75, 3.05) is 11.4 Å². The van der Waals surface area contributed by atoms with Crippen molar-refractivity contribution in [3.8, 4) is 11.1 Å². The summed E-state index contributed by atoms with van der Waals surface area (Å²) in [5, 5.41) is 15.4. The van der Waals surface area contributed by atoms with E-state index in [4.69, 9.17) is 0 Å². The number of nitrogens with zero attached hydrogens (tertiary/aromatic N) is 1. The van der Waals surface area contributed by atoms with E-state index in [2.05, 4.69) is 10.6 Å². The number of rotatable bonds is 7. The van der Waals surface area contributed by atoms with Gasteiger partial charge < -0.3 is 20.6 Å². The van der Waals surface area contributed by atoms with Gasteiger partial charge in [-0.3, -0.25) is 14.4 Å². The Balaban J connectivity index is 1.38. The lowest BCUT2D eigenvalue weighted by Gasteiger charge is -2.27. The largest absolute Gasteiger partial charge is 0.378 e. The summed E-state index contributed by atoms with van der Waals surface area (Å²) in [6, 6.07) is 15.1. The number of anilines is 1. The van der Waals surface area contributed by atoms with Gasteiger partial charge in [0.2, 0.25) is 5.91 Å². The van der Waals surface area contributed by atoms with E-state index >= 15 is 0 Å². The Morgan fingerprint density at radius 2 is 1.61 bits per heavy atom. The second-order valence-electron chi connectivity index (χ2n) is 9.77. The minimum atomic E-state index is -1.89. The van der Waals surface area contributed by atoms with Crippen molar-refractivity contribution in [3.05, 3.63) is 89.5 Å². The van der Waals surface area contributed by atoms with Crippen LogP contribution in [0, 0.1) is 17.6 Å². The van der Waals surface area contributed by atoms with Crippen LogP contribution in [0.5, 0.6) is 0 Å². The molecular formula is C29H27F2N3O4. The van der Waals surface area contributed by atoms with Crippen LogP contribution in [0.25, 0.3) is 11.1 Å². The predicted octanol–water partition coefficient (Wildman–Crippen LogP) is 3.78. The van der Waals surface area contributed by atoms with Crippen molar-refractivity contribution in [2.45, 2.75) is 38.0 Å². The first kappa shape index (κ1) is 25.5. The van der Waals surface area contributed by atoms with E-state index in [1.807, 2.05) is 36.4 Å². The minimum Gasteiger partial charge on any atom is -0.378 e. The first-order valence-corrected chi connectivity index (χ1v) is 12.5. The molecule has 3 aromatic carbocycles. The lowest BCUT2D eigenvalue weighted by atomic mass is 9.95. The molecule has 2 aliphatic rings. The zero-order valence-corrected chi connectivity index (χ0v) is 20.7. The van der Waals surface area contributed by atoms with Crippen molar-refractivity contribution < 1.29 is 28.3 Å². The van der Waals surface area contributed by atoms with E-state index in [-0.39, 0.29) is 11.5 Å². The molecule has 5 rings (SSSR count). The molecule has 9 heteroatoms. The topological polar surface area (TPSA) is 98.7 Å². The van der Waals surface area contributed by atoms with Gasteiger partial charge in [0.25, 0.3) is 11.8 Å². The number of carbonyl (C=O) groups excluding carboxylic acids is 3. The zero-order valence-electron chi connectivity index (χ0n) is 20.7. The average Bonchev–Trinajstić information content (AvgIpc) is 3.73. The molecule has 7 nitrogen and oxygen atoms in total. The van der Waals surface area contributed by atoms with Crippen molar-refractivity contribution in [2.24, 2.45) is 5.92 Å². The molecule has 0 bridgehead atoms. The van der Waals surface area contributed by atoms with Gasteiger partial charge in [-0.2, -0.15) is 0 Å². The monoisotopic (exact) mass is 519 g/mol. The van der Waals surface area contributed by atoms with Gasteiger partial charge >= 0.3 is 0 Å².